The number of hydrogen-bond acceptors (Lipinski definition) is 5. The van der Waals surface area contributed by atoms with Crippen LogP contribution in [0, 0.1) is 41.5 Å². The molecule has 124 valence electrons. The highest BCUT2D eigenvalue weighted by Gasteiger charge is 2.06. The van der Waals surface area contributed by atoms with Crippen LogP contribution in [0.15, 0.2) is 6.20 Å². The summed E-state index contributed by atoms with van der Waals surface area (Å²) in [6.07, 6.45) is 1.93. The van der Waals surface area contributed by atoms with E-state index in [1.807, 2.05) is 47.7 Å². The highest BCUT2D eigenvalue weighted by molar-refractivity contribution is 5.75. The second-order valence-electron chi connectivity index (χ2n) is 5.98. The van der Waals surface area contributed by atoms with Crippen molar-refractivity contribution in [1.29, 1.82) is 0 Å². The van der Waals surface area contributed by atoms with Crippen molar-refractivity contribution in [3.8, 4) is 0 Å². The number of fused-ring (bicyclic) bond motifs is 2. The fraction of sp³-hybridized carbons (Fsp3) is 0.353. The van der Waals surface area contributed by atoms with Gasteiger partial charge in [-0.15, -0.1) is 0 Å². The standard InChI is InChI=1S/C9H11N3.C8H10N4/c1-5-4-10-9-8(5)11-6(2)7(3)12-9;1-4-5(2)10-8-7(9-4)6(3)11-12-8/h4H,1-3H3,(H,10,12);1-3H3,(H,10,11,12). The van der Waals surface area contributed by atoms with E-state index in [9.17, 15) is 0 Å². The van der Waals surface area contributed by atoms with Crippen molar-refractivity contribution < 1.29 is 0 Å². The summed E-state index contributed by atoms with van der Waals surface area (Å²) in [5.41, 5.74) is 9.47. The Morgan fingerprint density at radius 3 is 2.00 bits per heavy atom. The molecule has 0 fully saturated rings. The summed E-state index contributed by atoms with van der Waals surface area (Å²) in [5.74, 6) is 0. The molecule has 4 aromatic rings. The van der Waals surface area contributed by atoms with Crippen molar-refractivity contribution in [2.75, 3.05) is 0 Å². The Morgan fingerprint density at radius 1 is 0.708 bits per heavy atom. The molecular weight excluding hydrogens is 302 g/mol. The molecule has 2 N–H and O–H groups in total. The highest BCUT2D eigenvalue weighted by atomic mass is 15.2. The predicted molar refractivity (Wildman–Crippen MR) is 94.0 cm³/mol. The maximum atomic E-state index is 4.44. The zero-order chi connectivity index (χ0) is 17.4. The summed E-state index contributed by atoms with van der Waals surface area (Å²) in [5, 5.41) is 6.88. The van der Waals surface area contributed by atoms with E-state index in [1.165, 1.54) is 0 Å². The van der Waals surface area contributed by atoms with Crippen LogP contribution >= 0.6 is 0 Å². The molecule has 0 unspecified atom stereocenters. The molecule has 4 aromatic heterocycles. The first kappa shape index (κ1) is 16.0. The zero-order valence-corrected chi connectivity index (χ0v) is 14.8. The maximum Gasteiger partial charge on any atom is 0.200 e. The van der Waals surface area contributed by atoms with E-state index in [-0.39, 0.29) is 0 Å². The van der Waals surface area contributed by atoms with Gasteiger partial charge in [0.1, 0.15) is 11.0 Å². The lowest BCUT2D eigenvalue weighted by Gasteiger charge is -1.97. The van der Waals surface area contributed by atoms with E-state index >= 15 is 0 Å². The lowest BCUT2D eigenvalue weighted by atomic mass is 10.3. The molecular formula is C17H21N7. The Hall–Kier alpha value is -2.83. The van der Waals surface area contributed by atoms with Crippen LogP contribution in [0.25, 0.3) is 22.3 Å². The molecule has 0 saturated carbocycles. The minimum Gasteiger partial charge on any atom is -0.345 e. The third-order valence-electron chi connectivity index (χ3n) is 4.08. The van der Waals surface area contributed by atoms with Gasteiger partial charge in [0.15, 0.2) is 11.3 Å². The molecule has 7 nitrogen and oxygen atoms in total. The summed E-state index contributed by atoms with van der Waals surface area (Å²) >= 11 is 0. The molecule has 0 aliphatic rings. The van der Waals surface area contributed by atoms with Crippen LogP contribution in [0.2, 0.25) is 0 Å². The Kier molecular flexibility index (Phi) is 4.01. The smallest absolute Gasteiger partial charge is 0.200 e. The number of aromatic nitrogens is 7. The average molecular weight is 323 g/mol. The van der Waals surface area contributed by atoms with Gasteiger partial charge in [0, 0.05) is 6.20 Å². The lowest BCUT2D eigenvalue weighted by molar-refractivity contribution is 1.04. The second kappa shape index (κ2) is 5.99. The summed E-state index contributed by atoms with van der Waals surface area (Å²) in [7, 11) is 0. The van der Waals surface area contributed by atoms with Gasteiger partial charge in [-0.05, 0) is 47.1 Å². The van der Waals surface area contributed by atoms with Crippen molar-refractivity contribution in [3.05, 3.63) is 40.2 Å². The molecule has 0 aromatic carbocycles. The van der Waals surface area contributed by atoms with E-state index in [4.69, 9.17) is 0 Å². The first-order valence-corrected chi connectivity index (χ1v) is 7.81. The summed E-state index contributed by atoms with van der Waals surface area (Å²) in [4.78, 5) is 20.6. The summed E-state index contributed by atoms with van der Waals surface area (Å²) < 4.78 is 0. The molecule has 0 spiro atoms. The van der Waals surface area contributed by atoms with Crippen LogP contribution in [-0.2, 0) is 0 Å². The minimum atomic E-state index is 0.704. The largest absolute Gasteiger partial charge is 0.345 e. The molecule has 24 heavy (non-hydrogen) atoms. The van der Waals surface area contributed by atoms with E-state index in [2.05, 4.69) is 35.1 Å². The fourth-order valence-corrected chi connectivity index (χ4v) is 2.33. The number of aromatic amines is 2. The van der Waals surface area contributed by atoms with E-state index in [0.717, 1.165) is 50.7 Å². The molecule has 0 atom stereocenters. The molecule has 4 rings (SSSR count). The van der Waals surface area contributed by atoms with E-state index in [0.29, 0.717) is 5.65 Å². The van der Waals surface area contributed by atoms with Gasteiger partial charge < -0.3 is 4.98 Å². The third-order valence-corrected chi connectivity index (χ3v) is 4.08. The van der Waals surface area contributed by atoms with Crippen molar-refractivity contribution in [2.45, 2.75) is 41.5 Å². The van der Waals surface area contributed by atoms with Crippen molar-refractivity contribution >= 4 is 22.3 Å². The number of aryl methyl sites for hydroxylation is 6. The first-order valence-electron chi connectivity index (χ1n) is 7.81. The lowest BCUT2D eigenvalue weighted by Crippen LogP contribution is -1.91. The molecule has 0 aliphatic heterocycles. The summed E-state index contributed by atoms with van der Waals surface area (Å²) in [6, 6.07) is 0. The second-order valence-corrected chi connectivity index (χ2v) is 5.98. The SMILES string of the molecule is Cc1nc2[nH]cc(C)c2nc1C.Cc1nc2n[nH]c(C)c2nc1C. The van der Waals surface area contributed by atoms with Crippen LogP contribution in [0.5, 0.6) is 0 Å². The van der Waals surface area contributed by atoms with Gasteiger partial charge in [-0.2, -0.15) is 5.10 Å². The van der Waals surface area contributed by atoms with Gasteiger partial charge in [-0.25, -0.2) is 19.9 Å². The average Bonchev–Trinajstić information content (AvgIpc) is 3.06. The molecule has 4 heterocycles. The first-order chi connectivity index (χ1) is 11.4. The molecule has 7 heteroatoms. The number of H-pyrrole nitrogens is 2. The Morgan fingerprint density at radius 2 is 1.29 bits per heavy atom. The topological polar surface area (TPSA) is 96.0 Å². The maximum absolute atomic E-state index is 4.44. The quantitative estimate of drug-likeness (QED) is 0.518. The number of nitrogens with one attached hydrogen (secondary N) is 2. The monoisotopic (exact) mass is 323 g/mol. The van der Waals surface area contributed by atoms with Gasteiger partial charge >= 0.3 is 0 Å². The van der Waals surface area contributed by atoms with Crippen LogP contribution in [0.1, 0.15) is 34.0 Å². The third kappa shape index (κ3) is 2.84. The van der Waals surface area contributed by atoms with Gasteiger partial charge in [-0.1, -0.05) is 0 Å². The van der Waals surface area contributed by atoms with Crippen LogP contribution in [0.3, 0.4) is 0 Å². The Labute approximate surface area is 140 Å². The van der Waals surface area contributed by atoms with Crippen molar-refractivity contribution in [1.82, 2.24) is 35.1 Å². The number of hydrogen-bond donors (Lipinski definition) is 2. The van der Waals surface area contributed by atoms with Gasteiger partial charge in [-0.3, -0.25) is 5.10 Å². The molecule has 0 saturated heterocycles. The Bertz CT molecular complexity index is 942. The molecule has 0 radical (unpaired) electrons. The van der Waals surface area contributed by atoms with E-state index < -0.39 is 0 Å². The van der Waals surface area contributed by atoms with E-state index in [1.54, 1.807) is 0 Å². The number of rotatable bonds is 0. The zero-order valence-electron chi connectivity index (χ0n) is 14.8. The molecule has 0 aliphatic carbocycles. The van der Waals surface area contributed by atoms with Crippen molar-refractivity contribution in [2.24, 2.45) is 0 Å². The minimum absolute atomic E-state index is 0.704. The predicted octanol–water partition coefficient (Wildman–Crippen LogP) is 3.16. The van der Waals surface area contributed by atoms with Gasteiger partial charge in [0.25, 0.3) is 0 Å². The van der Waals surface area contributed by atoms with Crippen molar-refractivity contribution in [3.63, 3.8) is 0 Å². The van der Waals surface area contributed by atoms with Gasteiger partial charge in [0.2, 0.25) is 0 Å². The fourth-order valence-electron chi connectivity index (χ4n) is 2.33. The summed E-state index contributed by atoms with van der Waals surface area (Å²) in [6.45, 7) is 11.8. The van der Waals surface area contributed by atoms with Crippen LogP contribution in [0.4, 0.5) is 0 Å². The number of nitrogens with zero attached hydrogens (tertiary/aromatic N) is 5. The van der Waals surface area contributed by atoms with Crippen LogP contribution < -0.4 is 0 Å². The normalized spacial score (nSPS) is 10.9. The highest BCUT2D eigenvalue weighted by Crippen LogP contribution is 2.14. The molecule has 0 amide bonds. The van der Waals surface area contributed by atoms with Crippen LogP contribution in [-0.4, -0.2) is 35.1 Å². The van der Waals surface area contributed by atoms with Gasteiger partial charge in [0.05, 0.1) is 28.5 Å². The molecule has 0 bridgehead atoms. The Balaban J connectivity index is 0.000000141.